The second-order valence-electron chi connectivity index (χ2n) is 2.69. The third-order valence-corrected chi connectivity index (χ3v) is 1.60. The summed E-state index contributed by atoms with van der Waals surface area (Å²) in [5.41, 5.74) is 12.9. The molecule has 0 spiro atoms. The number of carbonyl (C=O) groups is 1. The maximum absolute atomic E-state index is 10.3. The third-order valence-electron chi connectivity index (χ3n) is 1.60. The van der Waals surface area contributed by atoms with E-state index < -0.39 is 5.91 Å². The molecule has 3 heteroatoms. The van der Waals surface area contributed by atoms with Gasteiger partial charge in [0.1, 0.15) is 0 Å². The Morgan fingerprint density at radius 1 is 1.46 bits per heavy atom. The van der Waals surface area contributed by atoms with E-state index in [-0.39, 0.29) is 0 Å². The zero-order chi connectivity index (χ0) is 9.84. The van der Waals surface area contributed by atoms with Gasteiger partial charge in [-0.3, -0.25) is 4.79 Å². The Kier molecular flexibility index (Phi) is 2.56. The molecule has 0 bridgehead atoms. The summed E-state index contributed by atoms with van der Waals surface area (Å²) >= 11 is 0. The molecule has 1 aromatic rings. The third kappa shape index (κ3) is 2.53. The van der Waals surface area contributed by atoms with Crippen LogP contribution < -0.4 is 11.5 Å². The van der Waals surface area contributed by atoms with Gasteiger partial charge in [-0.1, -0.05) is 5.92 Å². The van der Waals surface area contributed by atoms with Gasteiger partial charge in [0.25, 0.3) is 5.91 Å². The number of nitrogens with two attached hydrogens (primary N) is 2. The van der Waals surface area contributed by atoms with Gasteiger partial charge >= 0.3 is 0 Å². The smallest absolute Gasteiger partial charge is 0.293 e. The summed E-state index contributed by atoms with van der Waals surface area (Å²) < 4.78 is 0. The average Bonchev–Trinajstić information content (AvgIpc) is 2.07. The molecule has 66 valence electrons. The summed E-state index contributed by atoms with van der Waals surface area (Å²) in [6.07, 6.45) is 0. The minimum Gasteiger partial charge on any atom is -0.399 e. The first-order chi connectivity index (χ1) is 6.09. The zero-order valence-electron chi connectivity index (χ0n) is 7.29. The summed E-state index contributed by atoms with van der Waals surface area (Å²) in [4.78, 5) is 10.3. The van der Waals surface area contributed by atoms with E-state index in [2.05, 4.69) is 11.8 Å². The van der Waals surface area contributed by atoms with Gasteiger partial charge in [-0.25, -0.2) is 0 Å². The van der Waals surface area contributed by atoms with Crippen LogP contribution in [0.1, 0.15) is 11.1 Å². The number of carbonyl (C=O) groups excluding carboxylic acids is 1. The second kappa shape index (κ2) is 3.63. The van der Waals surface area contributed by atoms with Crippen LogP contribution in [-0.4, -0.2) is 5.91 Å². The monoisotopic (exact) mass is 174 g/mol. The average molecular weight is 174 g/mol. The van der Waals surface area contributed by atoms with Crippen LogP contribution in [0.2, 0.25) is 0 Å². The van der Waals surface area contributed by atoms with Crippen LogP contribution >= 0.6 is 0 Å². The summed E-state index contributed by atoms with van der Waals surface area (Å²) in [6.45, 7) is 1.88. The Morgan fingerprint density at radius 3 is 2.69 bits per heavy atom. The van der Waals surface area contributed by atoms with Crippen molar-refractivity contribution in [2.24, 2.45) is 5.73 Å². The van der Waals surface area contributed by atoms with Gasteiger partial charge in [-0.05, 0) is 36.6 Å². The Hall–Kier alpha value is -1.95. The van der Waals surface area contributed by atoms with Crippen LogP contribution in [0.4, 0.5) is 5.69 Å². The first-order valence-corrected chi connectivity index (χ1v) is 3.77. The van der Waals surface area contributed by atoms with E-state index in [1.807, 2.05) is 13.0 Å². The fourth-order valence-electron chi connectivity index (χ4n) is 0.887. The molecule has 1 rings (SSSR count). The van der Waals surface area contributed by atoms with Gasteiger partial charge in [-0.15, -0.1) is 0 Å². The van der Waals surface area contributed by atoms with E-state index in [1.54, 1.807) is 12.1 Å². The molecule has 0 saturated heterocycles. The normalized spacial score (nSPS) is 8.69. The second-order valence-corrected chi connectivity index (χ2v) is 2.69. The first kappa shape index (κ1) is 9.14. The largest absolute Gasteiger partial charge is 0.399 e. The molecule has 0 aromatic heterocycles. The van der Waals surface area contributed by atoms with Crippen molar-refractivity contribution in [1.29, 1.82) is 0 Å². The highest BCUT2D eigenvalue weighted by Gasteiger charge is 1.93. The Balaban J connectivity index is 3.00. The molecule has 0 atom stereocenters. The predicted molar refractivity (Wildman–Crippen MR) is 51.7 cm³/mol. The van der Waals surface area contributed by atoms with Crippen molar-refractivity contribution in [2.45, 2.75) is 6.92 Å². The number of hydrogen-bond acceptors (Lipinski definition) is 2. The molecule has 0 aliphatic rings. The van der Waals surface area contributed by atoms with Crippen LogP contribution in [0, 0.1) is 18.8 Å². The van der Waals surface area contributed by atoms with Crippen LogP contribution in [0.5, 0.6) is 0 Å². The van der Waals surface area contributed by atoms with Crippen molar-refractivity contribution in [3.05, 3.63) is 29.3 Å². The van der Waals surface area contributed by atoms with Crippen LogP contribution in [-0.2, 0) is 4.79 Å². The number of amides is 1. The predicted octanol–water partition coefficient (Wildman–Crippen LogP) is 0.414. The van der Waals surface area contributed by atoms with Gasteiger partial charge in [0.2, 0.25) is 0 Å². The highest BCUT2D eigenvalue weighted by molar-refractivity contribution is 5.92. The minimum absolute atomic E-state index is 0.630. The lowest BCUT2D eigenvalue weighted by Gasteiger charge is -1.98. The molecule has 0 fully saturated rings. The minimum atomic E-state index is -0.630. The molecule has 13 heavy (non-hydrogen) atoms. The molecule has 0 heterocycles. The maximum atomic E-state index is 10.3. The van der Waals surface area contributed by atoms with E-state index in [4.69, 9.17) is 11.5 Å². The van der Waals surface area contributed by atoms with E-state index in [0.717, 1.165) is 11.1 Å². The summed E-state index contributed by atoms with van der Waals surface area (Å²) in [5.74, 6) is 4.26. The Bertz CT molecular complexity index is 399. The van der Waals surface area contributed by atoms with Crippen LogP contribution in [0.25, 0.3) is 0 Å². The lowest BCUT2D eigenvalue weighted by Crippen LogP contribution is -2.06. The lowest BCUT2D eigenvalue weighted by atomic mass is 10.1. The molecular formula is C10H10N2O. The van der Waals surface area contributed by atoms with Crippen molar-refractivity contribution >= 4 is 11.6 Å². The number of benzene rings is 1. The van der Waals surface area contributed by atoms with E-state index >= 15 is 0 Å². The number of hydrogen-bond donors (Lipinski definition) is 2. The van der Waals surface area contributed by atoms with Gasteiger partial charge in [0.05, 0.1) is 0 Å². The molecule has 0 radical (unpaired) electrons. The van der Waals surface area contributed by atoms with Crippen molar-refractivity contribution in [3.8, 4) is 11.8 Å². The molecular weight excluding hydrogens is 164 g/mol. The number of anilines is 1. The van der Waals surface area contributed by atoms with Crippen molar-refractivity contribution in [2.75, 3.05) is 5.73 Å². The molecule has 4 N–H and O–H groups in total. The number of primary amides is 1. The fourth-order valence-corrected chi connectivity index (χ4v) is 0.887. The van der Waals surface area contributed by atoms with E-state index in [1.165, 1.54) is 0 Å². The molecule has 1 aromatic carbocycles. The lowest BCUT2D eigenvalue weighted by molar-refractivity contribution is -0.112. The first-order valence-electron chi connectivity index (χ1n) is 3.77. The van der Waals surface area contributed by atoms with Gasteiger partial charge in [-0.2, -0.15) is 0 Å². The van der Waals surface area contributed by atoms with Crippen LogP contribution in [0.15, 0.2) is 18.2 Å². The number of rotatable bonds is 0. The number of nitrogen functional groups attached to an aromatic ring is 1. The van der Waals surface area contributed by atoms with E-state index in [0.29, 0.717) is 5.69 Å². The van der Waals surface area contributed by atoms with Gasteiger partial charge in [0, 0.05) is 11.3 Å². The summed E-state index contributed by atoms with van der Waals surface area (Å²) in [5, 5.41) is 0. The zero-order valence-corrected chi connectivity index (χ0v) is 7.29. The van der Waals surface area contributed by atoms with Gasteiger partial charge in [0.15, 0.2) is 0 Å². The van der Waals surface area contributed by atoms with Crippen molar-refractivity contribution in [3.63, 3.8) is 0 Å². The molecule has 1 amide bonds. The van der Waals surface area contributed by atoms with E-state index in [9.17, 15) is 4.79 Å². The summed E-state index contributed by atoms with van der Waals surface area (Å²) in [7, 11) is 0. The molecule has 0 unspecified atom stereocenters. The summed E-state index contributed by atoms with van der Waals surface area (Å²) in [6, 6.07) is 5.31. The SMILES string of the molecule is Cc1cc(C#CC(N)=O)ccc1N. The molecule has 0 aliphatic heterocycles. The number of aryl methyl sites for hydroxylation is 1. The Labute approximate surface area is 76.7 Å². The topological polar surface area (TPSA) is 69.1 Å². The Morgan fingerprint density at radius 2 is 2.15 bits per heavy atom. The van der Waals surface area contributed by atoms with Crippen molar-refractivity contribution in [1.82, 2.24) is 0 Å². The standard InChI is InChI=1S/C10H10N2O/c1-7-6-8(2-4-9(7)11)3-5-10(12)13/h2,4,6H,11H2,1H3,(H2,12,13). The van der Waals surface area contributed by atoms with Crippen LogP contribution in [0.3, 0.4) is 0 Å². The molecule has 3 nitrogen and oxygen atoms in total. The molecule has 0 aliphatic carbocycles. The molecule has 0 saturated carbocycles. The highest BCUT2D eigenvalue weighted by Crippen LogP contribution is 2.11. The maximum Gasteiger partial charge on any atom is 0.293 e. The highest BCUT2D eigenvalue weighted by atomic mass is 16.1. The van der Waals surface area contributed by atoms with Crippen molar-refractivity contribution < 1.29 is 4.79 Å². The van der Waals surface area contributed by atoms with Gasteiger partial charge < -0.3 is 11.5 Å². The quantitative estimate of drug-likeness (QED) is 0.442. The fraction of sp³-hybridized carbons (Fsp3) is 0.100.